The number of esters is 1. The van der Waals surface area contributed by atoms with Crippen LogP contribution in [0.1, 0.15) is 53.1 Å². The molecule has 1 fully saturated rings. The first-order chi connectivity index (χ1) is 12.1. The van der Waals surface area contributed by atoms with E-state index in [1.807, 2.05) is 30.3 Å². The van der Waals surface area contributed by atoms with Crippen LogP contribution in [0.5, 0.6) is 0 Å². The highest BCUT2D eigenvalue weighted by molar-refractivity contribution is 5.89. The second kappa shape index (κ2) is 8.30. The Balaban J connectivity index is 1.51. The summed E-state index contributed by atoms with van der Waals surface area (Å²) in [6, 6.07) is 18.3. The second-order valence-corrected chi connectivity index (χ2v) is 7.22. The number of hydrogen-bond donors (Lipinski definition) is 0. The Labute approximate surface area is 150 Å². The first-order valence-corrected chi connectivity index (χ1v) is 9.11. The van der Waals surface area contributed by atoms with E-state index in [4.69, 9.17) is 4.74 Å². The summed E-state index contributed by atoms with van der Waals surface area (Å²) in [5, 5.41) is 0. The molecule has 0 heterocycles. The van der Waals surface area contributed by atoms with Crippen molar-refractivity contribution in [3.8, 4) is 0 Å². The van der Waals surface area contributed by atoms with Crippen LogP contribution in [0.4, 0.5) is 0 Å². The monoisotopic (exact) mass is 337 g/mol. The quantitative estimate of drug-likeness (QED) is 0.745. The van der Waals surface area contributed by atoms with Gasteiger partial charge in [0.1, 0.15) is 6.10 Å². The van der Waals surface area contributed by atoms with Gasteiger partial charge in [0, 0.05) is 6.54 Å². The van der Waals surface area contributed by atoms with Gasteiger partial charge in [-0.3, -0.25) is 0 Å². The van der Waals surface area contributed by atoms with Crippen LogP contribution in [0.2, 0.25) is 0 Å². The summed E-state index contributed by atoms with van der Waals surface area (Å²) < 4.78 is 5.68. The molecule has 0 unspecified atom stereocenters. The number of rotatable bonds is 5. The average Bonchev–Trinajstić information content (AvgIpc) is 2.63. The number of ether oxygens (including phenoxy) is 1. The molecule has 0 aromatic heterocycles. The maximum absolute atomic E-state index is 12.2. The first kappa shape index (κ1) is 17.7. The Morgan fingerprint density at radius 2 is 1.60 bits per heavy atom. The van der Waals surface area contributed by atoms with Crippen LogP contribution in [0.3, 0.4) is 0 Å². The fraction of sp³-hybridized carbons (Fsp3) is 0.409. The standard InChI is InChI=1S/C22H27NO2/c1-23(2)16-17-8-10-18(11-9-17)19-12-14-21(15-13-19)25-22(24)20-6-4-3-5-7-20/h3-11,19,21H,12-16H2,1-2H3. The van der Waals surface area contributed by atoms with Gasteiger partial charge >= 0.3 is 5.97 Å². The fourth-order valence-electron chi connectivity index (χ4n) is 3.57. The number of benzene rings is 2. The minimum Gasteiger partial charge on any atom is -0.459 e. The van der Waals surface area contributed by atoms with E-state index in [1.54, 1.807) is 0 Å². The highest BCUT2D eigenvalue weighted by Gasteiger charge is 2.25. The third-order valence-corrected chi connectivity index (χ3v) is 4.91. The predicted molar refractivity (Wildman–Crippen MR) is 101 cm³/mol. The number of carbonyl (C=O) groups is 1. The van der Waals surface area contributed by atoms with Gasteiger partial charge in [0.05, 0.1) is 5.56 Å². The summed E-state index contributed by atoms with van der Waals surface area (Å²) in [6.07, 6.45) is 4.11. The zero-order valence-corrected chi connectivity index (χ0v) is 15.2. The van der Waals surface area contributed by atoms with Gasteiger partial charge in [-0.05, 0) is 69.0 Å². The maximum atomic E-state index is 12.2. The topological polar surface area (TPSA) is 29.5 Å². The van der Waals surface area contributed by atoms with E-state index >= 15 is 0 Å². The highest BCUT2D eigenvalue weighted by atomic mass is 16.5. The largest absolute Gasteiger partial charge is 0.459 e. The van der Waals surface area contributed by atoms with Gasteiger partial charge in [-0.25, -0.2) is 4.79 Å². The van der Waals surface area contributed by atoms with E-state index in [0.29, 0.717) is 11.5 Å². The van der Waals surface area contributed by atoms with Gasteiger partial charge in [-0.1, -0.05) is 42.5 Å². The lowest BCUT2D eigenvalue weighted by Crippen LogP contribution is -2.24. The molecule has 1 saturated carbocycles. The number of carbonyl (C=O) groups excluding carboxylic acids is 1. The van der Waals surface area contributed by atoms with Crippen molar-refractivity contribution < 1.29 is 9.53 Å². The number of nitrogens with zero attached hydrogens (tertiary/aromatic N) is 1. The Kier molecular flexibility index (Phi) is 5.87. The molecule has 0 atom stereocenters. The summed E-state index contributed by atoms with van der Waals surface area (Å²) in [5.41, 5.74) is 3.40. The summed E-state index contributed by atoms with van der Waals surface area (Å²) in [7, 11) is 4.18. The van der Waals surface area contributed by atoms with Crippen LogP contribution in [0, 0.1) is 0 Å². The first-order valence-electron chi connectivity index (χ1n) is 9.11. The Hall–Kier alpha value is -2.13. The van der Waals surface area contributed by atoms with Crippen LogP contribution in [-0.2, 0) is 11.3 Å². The maximum Gasteiger partial charge on any atom is 0.338 e. The van der Waals surface area contributed by atoms with E-state index in [2.05, 4.69) is 43.3 Å². The summed E-state index contributed by atoms with van der Waals surface area (Å²) >= 11 is 0. The minimum absolute atomic E-state index is 0.0528. The van der Waals surface area contributed by atoms with Crippen molar-refractivity contribution in [3.63, 3.8) is 0 Å². The second-order valence-electron chi connectivity index (χ2n) is 7.22. The van der Waals surface area contributed by atoms with Crippen LogP contribution in [0.25, 0.3) is 0 Å². The molecule has 132 valence electrons. The molecule has 0 bridgehead atoms. The zero-order valence-electron chi connectivity index (χ0n) is 15.2. The molecule has 3 nitrogen and oxygen atoms in total. The lowest BCUT2D eigenvalue weighted by molar-refractivity contribution is 0.0195. The third kappa shape index (κ3) is 4.93. The molecule has 3 heteroatoms. The normalized spacial score (nSPS) is 20.4. The smallest absolute Gasteiger partial charge is 0.338 e. The molecule has 3 rings (SSSR count). The summed E-state index contributed by atoms with van der Waals surface area (Å²) in [6.45, 7) is 0.975. The van der Waals surface area contributed by atoms with Crippen molar-refractivity contribution in [3.05, 3.63) is 71.3 Å². The average molecular weight is 337 g/mol. The zero-order chi connectivity index (χ0) is 17.6. The van der Waals surface area contributed by atoms with Gasteiger partial charge in [0.2, 0.25) is 0 Å². The van der Waals surface area contributed by atoms with Gasteiger partial charge in [0.15, 0.2) is 0 Å². The molecule has 25 heavy (non-hydrogen) atoms. The molecule has 0 spiro atoms. The van der Waals surface area contributed by atoms with Crippen molar-refractivity contribution in [1.82, 2.24) is 4.90 Å². The van der Waals surface area contributed by atoms with Gasteiger partial charge in [-0.2, -0.15) is 0 Å². The fourth-order valence-corrected chi connectivity index (χ4v) is 3.57. The number of hydrogen-bond acceptors (Lipinski definition) is 3. The molecule has 0 radical (unpaired) electrons. The molecular formula is C22H27NO2. The van der Waals surface area contributed by atoms with Crippen molar-refractivity contribution in [1.29, 1.82) is 0 Å². The predicted octanol–water partition coefficient (Wildman–Crippen LogP) is 4.63. The SMILES string of the molecule is CN(C)Cc1ccc(C2CCC(OC(=O)c3ccccc3)CC2)cc1. The van der Waals surface area contributed by atoms with E-state index in [1.165, 1.54) is 11.1 Å². The molecule has 1 aliphatic rings. The van der Waals surface area contributed by atoms with Gasteiger partial charge < -0.3 is 9.64 Å². The molecule has 0 saturated heterocycles. The van der Waals surface area contributed by atoms with Gasteiger partial charge in [-0.15, -0.1) is 0 Å². The lowest BCUT2D eigenvalue weighted by atomic mass is 9.82. The molecule has 0 N–H and O–H groups in total. The molecule has 2 aromatic rings. The summed E-state index contributed by atoms with van der Waals surface area (Å²) in [5.74, 6) is 0.386. The lowest BCUT2D eigenvalue weighted by Gasteiger charge is -2.28. The molecule has 2 aromatic carbocycles. The van der Waals surface area contributed by atoms with Crippen LogP contribution in [0.15, 0.2) is 54.6 Å². The van der Waals surface area contributed by atoms with Crippen LogP contribution < -0.4 is 0 Å². The van der Waals surface area contributed by atoms with Gasteiger partial charge in [0.25, 0.3) is 0 Å². The van der Waals surface area contributed by atoms with Crippen molar-refractivity contribution in [2.45, 2.75) is 44.2 Å². The van der Waals surface area contributed by atoms with E-state index in [0.717, 1.165) is 32.2 Å². The minimum atomic E-state index is -0.197. The Morgan fingerprint density at radius 3 is 2.20 bits per heavy atom. The van der Waals surface area contributed by atoms with Crippen molar-refractivity contribution in [2.24, 2.45) is 0 Å². The molecular weight excluding hydrogens is 310 g/mol. The molecule has 1 aliphatic carbocycles. The van der Waals surface area contributed by atoms with E-state index in [9.17, 15) is 4.79 Å². The third-order valence-electron chi connectivity index (χ3n) is 4.91. The molecule has 0 amide bonds. The van der Waals surface area contributed by atoms with Crippen LogP contribution in [-0.4, -0.2) is 31.1 Å². The van der Waals surface area contributed by atoms with E-state index < -0.39 is 0 Å². The van der Waals surface area contributed by atoms with Crippen molar-refractivity contribution >= 4 is 5.97 Å². The van der Waals surface area contributed by atoms with Crippen LogP contribution >= 0.6 is 0 Å². The Morgan fingerprint density at radius 1 is 0.960 bits per heavy atom. The Bertz CT molecular complexity index is 671. The highest BCUT2D eigenvalue weighted by Crippen LogP contribution is 2.34. The van der Waals surface area contributed by atoms with E-state index in [-0.39, 0.29) is 12.1 Å². The summed E-state index contributed by atoms with van der Waals surface area (Å²) in [4.78, 5) is 14.3. The molecule has 0 aliphatic heterocycles. The van der Waals surface area contributed by atoms with Crippen molar-refractivity contribution in [2.75, 3.05) is 14.1 Å².